The van der Waals surface area contributed by atoms with Crippen molar-refractivity contribution in [3.8, 4) is 5.69 Å². The van der Waals surface area contributed by atoms with Gasteiger partial charge in [0.2, 0.25) is 0 Å². The summed E-state index contributed by atoms with van der Waals surface area (Å²) < 4.78 is 1.38. The molecule has 0 bridgehead atoms. The van der Waals surface area contributed by atoms with Crippen molar-refractivity contribution in [2.75, 3.05) is 0 Å². The van der Waals surface area contributed by atoms with Crippen molar-refractivity contribution < 1.29 is 10.1 Å². The molecule has 0 saturated heterocycles. The molecule has 0 radical (unpaired) electrons. The van der Waals surface area contributed by atoms with Crippen LogP contribution in [0.1, 0.15) is 17.2 Å². The average molecular weight is 276 g/mol. The van der Waals surface area contributed by atoms with Crippen molar-refractivity contribution >= 4 is 11.5 Å². The van der Waals surface area contributed by atoms with Crippen molar-refractivity contribution in [2.45, 2.75) is 13.8 Å². The Hall–Kier alpha value is -2.97. The number of rotatable bonds is 3. The van der Waals surface area contributed by atoms with Crippen LogP contribution in [0, 0.1) is 24.0 Å². The summed E-state index contributed by atoms with van der Waals surface area (Å²) in [4.78, 5) is 14.7. The van der Waals surface area contributed by atoms with Crippen molar-refractivity contribution in [2.24, 2.45) is 10.9 Å². The van der Waals surface area contributed by atoms with E-state index in [1.165, 1.54) is 22.9 Å². The molecule has 9 nitrogen and oxygen atoms in total. The summed E-state index contributed by atoms with van der Waals surface area (Å²) in [5, 5.41) is 26.7. The summed E-state index contributed by atoms with van der Waals surface area (Å²) in [5.74, 6) is 0.839. The van der Waals surface area contributed by atoms with Gasteiger partial charge in [0.25, 0.3) is 5.69 Å². The summed E-state index contributed by atoms with van der Waals surface area (Å²) in [7, 11) is 0. The Morgan fingerprint density at radius 3 is 2.70 bits per heavy atom. The van der Waals surface area contributed by atoms with E-state index in [1.54, 1.807) is 13.8 Å². The number of aromatic nitrogens is 3. The molecule has 0 unspecified atom stereocenters. The van der Waals surface area contributed by atoms with Gasteiger partial charge in [-0.1, -0.05) is 5.16 Å². The van der Waals surface area contributed by atoms with Crippen LogP contribution in [-0.2, 0) is 0 Å². The topological polar surface area (TPSA) is 132 Å². The van der Waals surface area contributed by atoms with E-state index in [1.807, 2.05) is 0 Å². The molecule has 2 rings (SSSR count). The number of nitrogens with zero attached hydrogens (tertiary/aromatic N) is 5. The van der Waals surface area contributed by atoms with E-state index in [0.29, 0.717) is 11.6 Å². The average Bonchev–Trinajstić information content (AvgIpc) is 2.76. The fourth-order valence-corrected chi connectivity index (χ4v) is 1.81. The largest absolute Gasteiger partial charge is 0.409 e. The number of hydrogen-bond acceptors (Lipinski definition) is 6. The van der Waals surface area contributed by atoms with Gasteiger partial charge in [0.1, 0.15) is 17.3 Å². The Kier molecular flexibility index (Phi) is 3.34. The lowest BCUT2D eigenvalue weighted by Gasteiger charge is -2.06. The quantitative estimate of drug-likeness (QED) is 0.281. The molecule has 20 heavy (non-hydrogen) atoms. The van der Waals surface area contributed by atoms with Crippen LogP contribution >= 0.6 is 0 Å². The van der Waals surface area contributed by atoms with Gasteiger partial charge in [0.15, 0.2) is 5.84 Å². The molecule has 104 valence electrons. The van der Waals surface area contributed by atoms with Crippen LogP contribution in [0.3, 0.4) is 0 Å². The molecule has 1 heterocycles. The van der Waals surface area contributed by atoms with Gasteiger partial charge in [0, 0.05) is 11.6 Å². The van der Waals surface area contributed by atoms with E-state index in [-0.39, 0.29) is 22.8 Å². The lowest BCUT2D eigenvalue weighted by molar-refractivity contribution is -0.384. The minimum atomic E-state index is -0.556. The van der Waals surface area contributed by atoms with Crippen molar-refractivity contribution in [3.63, 3.8) is 0 Å². The zero-order valence-electron chi connectivity index (χ0n) is 10.8. The van der Waals surface area contributed by atoms with Crippen LogP contribution in [0.15, 0.2) is 23.4 Å². The fourth-order valence-electron chi connectivity index (χ4n) is 1.81. The number of nitro benzene ring substituents is 1. The van der Waals surface area contributed by atoms with Gasteiger partial charge in [-0.15, -0.1) is 0 Å². The highest BCUT2D eigenvalue weighted by molar-refractivity contribution is 5.98. The standard InChI is InChI=1S/C11H12N6O3/c1-6-13-7(2)16(14-6)9-4-3-8(11(12)15-18)5-10(9)17(19)20/h3-5,18H,1-2H3,(H2,12,15). The van der Waals surface area contributed by atoms with Crippen LogP contribution in [0.5, 0.6) is 0 Å². The lowest BCUT2D eigenvalue weighted by Crippen LogP contribution is -2.14. The normalized spacial score (nSPS) is 11.6. The number of amidine groups is 1. The number of nitro groups is 1. The van der Waals surface area contributed by atoms with E-state index in [9.17, 15) is 10.1 Å². The first-order valence-electron chi connectivity index (χ1n) is 5.61. The summed E-state index contributed by atoms with van der Waals surface area (Å²) in [5.41, 5.74) is 5.74. The predicted octanol–water partition coefficient (Wildman–Crippen LogP) is 0.887. The third kappa shape index (κ3) is 2.28. The van der Waals surface area contributed by atoms with Gasteiger partial charge in [0.05, 0.1) is 4.92 Å². The van der Waals surface area contributed by atoms with Crippen molar-refractivity contribution in [1.82, 2.24) is 14.8 Å². The third-order valence-corrected chi connectivity index (χ3v) is 2.68. The third-order valence-electron chi connectivity index (χ3n) is 2.68. The molecular weight excluding hydrogens is 264 g/mol. The van der Waals surface area contributed by atoms with Crippen LogP contribution in [-0.4, -0.2) is 30.7 Å². The molecule has 0 amide bonds. The number of nitrogens with two attached hydrogens (primary N) is 1. The molecule has 1 aromatic heterocycles. The monoisotopic (exact) mass is 276 g/mol. The number of benzene rings is 1. The molecule has 1 aromatic carbocycles. The lowest BCUT2D eigenvalue weighted by atomic mass is 10.1. The molecule has 0 aliphatic rings. The van der Waals surface area contributed by atoms with Gasteiger partial charge in [-0.2, -0.15) is 5.10 Å². The second-order valence-electron chi connectivity index (χ2n) is 4.06. The van der Waals surface area contributed by atoms with Gasteiger partial charge in [-0.3, -0.25) is 10.1 Å². The molecule has 2 aromatic rings. The van der Waals surface area contributed by atoms with Gasteiger partial charge < -0.3 is 10.9 Å². The maximum Gasteiger partial charge on any atom is 0.295 e. The van der Waals surface area contributed by atoms with Crippen molar-refractivity contribution in [1.29, 1.82) is 0 Å². The molecule has 0 fully saturated rings. The predicted molar refractivity (Wildman–Crippen MR) is 70.0 cm³/mol. The summed E-state index contributed by atoms with van der Waals surface area (Å²) >= 11 is 0. The minimum Gasteiger partial charge on any atom is -0.409 e. The Labute approximate surface area is 113 Å². The number of hydrogen-bond donors (Lipinski definition) is 2. The van der Waals surface area contributed by atoms with Crippen LogP contribution < -0.4 is 5.73 Å². The molecule has 0 aliphatic heterocycles. The second kappa shape index (κ2) is 4.96. The highest BCUT2D eigenvalue weighted by Gasteiger charge is 2.20. The first kappa shape index (κ1) is 13.5. The van der Waals surface area contributed by atoms with E-state index in [4.69, 9.17) is 10.9 Å². The fraction of sp³-hybridized carbons (Fsp3) is 0.182. The van der Waals surface area contributed by atoms with E-state index >= 15 is 0 Å². The summed E-state index contributed by atoms with van der Waals surface area (Å²) in [6.45, 7) is 3.39. The van der Waals surface area contributed by atoms with Gasteiger partial charge in [-0.05, 0) is 26.0 Å². The number of oxime groups is 1. The minimum absolute atomic E-state index is 0.203. The summed E-state index contributed by atoms with van der Waals surface area (Å²) in [6, 6.07) is 4.21. The van der Waals surface area contributed by atoms with Crippen LogP contribution in [0.25, 0.3) is 5.69 Å². The highest BCUT2D eigenvalue weighted by atomic mass is 16.6. The van der Waals surface area contributed by atoms with Gasteiger partial charge in [-0.25, -0.2) is 9.67 Å². The first-order chi connectivity index (χ1) is 9.43. The Balaban J connectivity index is 2.65. The maximum absolute atomic E-state index is 11.2. The molecule has 0 atom stereocenters. The number of aryl methyl sites for hydroxylation is 2. The molecule has 0 spiro atoms. The Morgan fingerprint density at radius 1 is 1.50 bits per heavy atom. The molecule has 9 heteroatoms. The molecule has 0 aliphatic carbocycles. The summed E-state index contributed by atoms with van der Waals surface area (Å²) in [6.07, 6.45) is 0. The maximum atomic E-state index is 11.2. The Bertz CT molecular complexity index is 706. The molecule has 0 saturated carbocycles. The Morgan fingerprint density at radius 2 is 2.20 bits per heavy atom. The first-order valence-corrected chi connectivity index (χ1v) is 5.61. The van der Waals surface area contributed by atoms with E-state index in [2.05, 4.69) is 15.2 Å². The van der Waals surface area contributed by atoms with Crippen LogP contribution in [0.4, 0.5) is 5.69 Å². The molecular formula is C11H12N6O3. The SMILES string of the molecule is Cc1nc(C)n(-c2ccc(C(N)=NO)cc2[N+](=O)[O-])n1. The highest BCUT2D eigenvalue weighted by Crippen LogP contribution is 2.24. The smallest absolute Gasteiger partial charge is 0.295 e. The molecule has 3 N–H and O–H groups in total. The van der Waals surface area contributed by atoms with Gasteiger partial charge >= 0.3 is 0 Å². The van der Waals surface area contributed by atoms with Crippen LogP contribution in [0.2, 0.25) is 0 Å². The second-order valence-corrected chi connectivity index (χ2v) is 4.06. The van der Waals surface area contributed by atoms with Crippen molar-refractivity contribution in [3.05, 3.63) is 45.5 Å². The van der Waals surface area contributed by atoms with E-state index < -0.39 is 4.92 Å². The van der Waals surface area contributed by atoms with E-state index in [0.717, 1.165) is 0 Å². The zero-order valence-corrected chi connectivity index (χ0v) is 10.8. The zero-order chi connectivity index (χ0) is 14.9.